The van der Waals surface area contributed by atoms with Crippen molar-refractivity contribution >= 4 is 39.1 Å². The Morgan fingerprint density at radius 1 is 1.36 bits per heavy atom. The Morgan fingerprint density at radius 2 is 2.14 bits per heavy atom. The quantitative estimate of drug-likeness (QED) is 0.734. The van der Waals surface area contributed by atoms with Crippen molar-refractivity contribution in [3.8, 4) is 5.75 Å². The zero-order chi connectivity index (χ0) is 16.1. The third-order valence-corrected chi connectivity index (χ3v) is 4.32. The second-order valence-electron chi connectivity index (χ2n) is 4.60. The van der Waals surface area contributed by atoms with E-state index in [0.717, 1.165) is 15.8 Å². The molecule has 1 amide bonds. The average molecular weight is 381 g/mol. The van der Waals surface area contributed by atoms with E-state index in [0.29, 0.717) is 22.7 Å². The molecule has 1 N–H and O–H groups in total. The van der Waals surface area contributed by atoms with Gasteiger partial charge < -0.3 is 10.1 Å². The van der Waals surface area contributed by atoms with Crippen molar-refractivity contribution in [1.29, 1.82) is 0 Å². The van der Waals surface area contributed by atoms with E-state index in [4.69, 9.17) is 16.3 Å². The number of amides is 1. The van der Waals surface area contributed by atoms with Crippen LogP contribution in [-0.4, -0.2) is 13.0 Å². The van der Waals surface area contributed by atoms with Crippen LogP contribution in [0.1, 0.15) is 15.9 Å². The number of allylic oxidation sites excluding steroid dienone is 1. The van der Waals surface area contributed by atoms with Crippen LogP contribution in [0.2, 0.25) is 5.02 Å². The predicted molar refractivity (Wildman–Crippen MR) is 94.0 cm³/mol. The molecular formula is C17H15BrClNO2. The third kappa shape index (κ3) is 3.90. The first kappa shape index (κ1) is 16.6. The van der Waals surface area contributed by atoms with Gasteiger partial charge in [-0.25, -0.2) is 0 Å². The first-order valence-electron chi connectivity index (χ1n) is 6.59. The van der Waals surface area contributed by atoms with Crippen LogP contribution in [0.3, 0.4) is 0 Å². The maximum Gasteiger partial charge on any atom is 0.255 e. The summed E-state index contributed by atoms with van der Waals surface area (Å²) in [6.45, 7) is 3.72. The summed E-state index contributed by atoms with van der Waals surface area (Å²) in [6, 6.07) is 10.6. The van der Waals surface area contributed by atoms with E-state index >= 15 is 0 Å². The molecule has 3 nitrogen and oxygen atoms in total. The summed E-state index contributed by atoms with van der Waals surface area (Å²) in [6.07, 6.45) is 2.41. The number of carbonyl (C=O) groups excluding carboxylic acids is 1. The van der Waals surface area contributed by atoms with Gasteiger partial charge in [-0.3, -0.25) is 4.79 Å². The van der Waals surface area contributed by atoms with Crippen LogP contribution in [0, 0.1) is 0 Å². The molecule has 2 aromatic carbocycles. The molecule has 0 aliphatic heterocycles. The van der Waals surface area contributed by atoms with E-state index in [2.05, 4.69) is 27.8 Å². The molecule has 5 heteroatoms. The number of halogens is 2. The van der Waals surface area contributed by atoms with Crippen molar-refractivity contribution < 1.29 is 9.53 Å². The number of rotatable bonds is 5. The maximum absolute atomic E-state index is 12.3. The molecule has 0 fully saturated rings. The fraction of sp³-hybridized carbons (Fsp3) is 0.118. The Hall–Kier alpha value is -1.78. The summed E-state index contributed by atoms with van der Waals surface area (Å²) >= 11 is 9.34. The highest BCUT2D eigenvalue weighted by Crippen LogP contribution is 2.26. The molecule has 0 aromatic heterocycles. The molecule has 0 spiro atoms. The van der Waals surface area contributed by atoms with Crippen LogP contribution in [0.25, 0.3) is 0 Å². The van der Waals surface area contributed by atoms with Gasteiger partial charge in [-0.1, -0.05) is 17.7 Å². The lowest BCUT2D eigenvalue weighted by Gasteiger charge is -2.10. The fourth-order valence-corrected chi connectivity index (χ4v) is 2.44. The van der Waals surface area contributed by atoms with E-state index in [1.165, 1.54) is 0 Å². The van der Waals surface area contributed by atoms with Crippen molar-refractivity contribution in [2.24, 2.45) is 0 Å². The zero-order valence-corrected chi connectivity index (χ0v) is 14.4. The SMILES string of the molecule is C=CCc1cc(C(=O)Nc2ccc(Br)c(Cl)c2)ccc1OC. The monoisotopic (exact) mass is 379 g/mol. The van der Waals surface area contributed by atoms with Gasteiger partial charge in [0.15, 0.2) is 0 Å². The Labute approximate surface area is 143 Å². The maximum atomic E-state index is 12.3. The lowest BCUT2D eigenvalue weighted by molar-refractivity contribution is 0.102. The van der Waals surface area contributed by atoms with Crippen LogP contribution in [0.4, 0.5) is 5.69 Å². The number of anilines is 1. The van der Waals surface area contributed by atoms with E-state index in [1.54, 1.807) is 49.6 Å². The minimum Gasteiger partial charge on any atom is -0.496 e. The number of methoxy groups -OCH3 is 1. The molecule has 0 unspecified atom stereocenters. The summed E-state index contributed by atoms with van der Waals surface area (Å²) in [5.74, 6) is 0.537. The summed E-state index contributed by atoms with van der Waals surface area (Å²) < 4.78 is 6.06. The van der Waals surface area contributed by atoms with Gasteiger partial charge in [-0.15, -0.1) is 6.58 Å². The second kappa shape index (κ2) is 7.47. The summed E-state index contributed by atoms with van der Waals surface area (Å²) in [5.41, 5.74) is 2.11. The molecule has 0 radical (unpaired) electrons. The summed E-state index contributed by atoms with van der Waals surface area (Å²) in [5, 5.41) is 3.36. The van der Waals surface area contributed by atoms with Gasteiger partial charge >= 0.3 is 0 Å². The van der Waals surface area contributed by atoms with Crippen molar-refractivity contribution in [1.82, 2.24) is 0 Å². The summed E-state index contributed by atoms with van der Waals surface area (Å²) in [7, 11) is 1.60. The third-order valence-electron chi connectivity index (χ3n) is 3.08. The highest BCUT2D eigenvalue weighted by molar-refractivity contribution is 9.10. The number of carbonyl (C=O) groups is 1. The summed E-state index contributed by atoms with van der Waals surface area (Å²) in [4.78, 5) is 12.3. The number of ether oxygens (including phenoxy) is 1. The van der Waals surface area contributed by atoms with Gasteiger partial charge in [-0.2, -0.15) is 0 Å². The van der Waals surface area contributed by atoms with Crippen LogP contribution < -0.4 is 10.1 Å². The average Bonchev–Trinajstić information content (AvgIpc) is 2.51. The van der Waals surface area contributed by atoms with Crippen molar-refractivity contribution in [3.63, 3.8) is 0 Å². The highest BCUT2D eigenvalue weighted by Gasteiger charge is 2.10. The Morgan fingerprint density at radius 3 is 2.77 bits per heavy atom. The fourth-order valence-electron chi connectivity index (χ4n) is 2.01. The molecule has 114 valence electrons. The number of hydrogen-bond donors (Lipinski definition) is 1. The Balaban J connectivity index is 2.23. The molecule has 0 saturated heterocycles. The highest BCUT2D eigenvalue weighted by atomic mass is 79.9. The minimum absolute atomic E-state index is 0.202. The predicted octanol–water partition coefficient (Wildman–Crippen LogP) is 5.09. The van der Waals surface area contributed by atoms with Gasteiger partial charge in [0.25, 0.3) is 5.91 Å². The first-order valence-corrected chi connectivity index (χ1v) is 7.76. The molecule has 2 rings (SSSR count). The molecule has 2 aromatic rings. The lowest BCUT2D eigenvalue weighted by Crippen LogP contribution is -2.12. The van der Waals surface area contributed by atoms with Gasteiger partial charge in [0.2, 0.25) is 0 Å². The minimum atomic E-state index is -0.202. The van der Waals surface area contributed by atoms with Crippen molar-refractivity contribution in [3.05, 3.63) is 69.7 Å². The van der Waals surface area contributed by atoms with Gasteiger partial charge in [0.1, 0.15) is 5.75 Å². The number of nitrogens with one attached hydrogen (secondary N) is 1. The molecule has 0 atom stereocenters. The van der Waals surface area contributed by atoms with Crippen LogP contribution in [-0.2, 0) is 6.42 Å². The van der Waals surface area contributed by atoms with E-state index < -0.39 is 0 Å². The van der Waals surface area contributed by atoms with Crippen molar-refractivity contribution in [2.45, 2.75) is 6.42 Å². The molecule has 0 heterocycles. The number of benzene rings is 2. The topological polar surface area (TPSA) is 38.3 Å². The van der Waals surface area contributed by atoms with Crippen LogP contribution in [0.5, 0.6) is 5.75 Å². The Kier molecular flexibility index (Phi) is 5.63. The molecule has 0 aliphatic carbocycles. The van der Waals surface area contributed by atoms with Gasteiger partial charge in [0, 0.05) is 15.7 Å². The number of hydrogen-bond acceptors (Lipinski definition) is 2. The van der Waals surface area contributed by atoms with Crippen LogP contribution in [0.15, 0.2) is 53.5 Å². The van der Waals surface area contributed by atoms with Crippen LogP contribution >= 0.6 is 27.5 Å². The van der Waals surface area contributed by atoms with E-state index in [1.807, 2.05) is 0 Å². The standard InChI is InChI=1S/C17H15BrClNO2/c1-3-4-11-9-12(5-8-16(11)22-2)17(21)20-13-6-7-14(18)15(19)10-13/h3,5-10H,1,4H2,2H3,(H,20,21). The smallest absolute Gasteiger partial charge is 0.255 e. The lowest BCUT2D eigenvalue weighted by atomic mass is 10.1. The largest absolute Gasteiger partial charge is 0.496 e. The zero-order valence-electron chi connectivity index (χ0n) is 12.0. The van der Waals surface area contributed by atoms with Crippen molar-refractivity contribution in [2.75, 3.05) is 12.4 Å². The normalized spacial score (nSPS) is 10.1. The first-order chi connectivity index (χ1) is 10.5. The van der Waals surface area contributed by atoms with E-state index in [-0.39, 0.29) is 5.91 Å². The van der Waals surface area contributed by atoms with E-state index in [9.17, 15) is 4.79 Å². The molecule has 0 bridgehead atoms. The second-order valence-corrected chi connectivity index (χ2v) is 5.86. The molecule has 0 saturated carbocycles. The van der Waals surface area contributed by atoms with Gasteiger partial charge in [-0.05, 0) is 64.3 Å². The van der Waals surface area contributed by atoms with Gasteiger partial charge in [0.05, 0.1) is 12.1 Å². The Bertz CT molecular complexity index is 716. The molecule has 0 aliphatic rings. The molecular weight excluding hydrogens is 366 g/mol. The molecule has 22 heavy (non-hydrogen) atoms.